The van der Waals surface area contributed by atoms with E-state index < -0.39 is 11.0 Å². The zero-order valence-corrected chi connectivity index (χ0v) is 21.1. The summed E-state index contributed by atoms with van der Waals surface area (Å²) in [6, 6.07) is 5.48. The van der Waals surface area contributed by atoms with Crippen LogP contribution in [0.1, 0.15) is 59.3 Å². The van der Waals surface area contributed by atoms with Crippen LogP contribution in [0.25, 0.3) is 11.0 Å². The van der Waals surface area contributed by atoms with Gasteiger partial charge in [-0.2, -0.15) is 0 Å². The predicted molar refractivity (Wildman–Crippen MR) is 128 cm³/mol. The summed E-state index contributed by atoms with van der Waals surface area (Å²) in [5.41, 5.74) is -0.549. The molecule has 9 nitrogen and oxygen atoms in total. The number of nitrogens with zero attached hydrogens (tertiary/aromatic N) is 2. The molecule has 192 valence electrons. The van der Waals surface area contributed by atoms with Crippen LogP contribution in [0, 0.1) is 11.3 Å². The van der Waals surface area contributed by atoms with Crippen molar-refractivity contribution in [3.63, 3.8) is 0 Å². The van der Waals surface area contributed by atoms with E-state index in [0.717, 1.165) is 38.5 Å². The molecule has 1 saturated heterocycles. The first-order valence-electron chi connectivity index (χ1n) is 12.4. The smallest absolute Gasteiger partial charge is 0.410 e. The molecular formula is C26H36N2O7. The molecule has 1 aromatic carbocycles. The molecule has 0 bridgehead atoms. The van der Waals surface area contributed by atoms with Crippen LogP contribution >= 0.6 is 0 Å². The van der Waals surface area contributed by atoms with Gasteiger partial charge in [-0.25, -0.2) is 4.79 Å². The Morgan fingerprint density at radius 2 is 1.86 bits per heavy atom. The molecule has 4 rings (SSSR count). The summed E-state index contributed by atoms with van der Waals surface area (Å²) in [7, 11) is 1.42. The minimum Gasteiger partial charge on any atom is -0.491 e. The van der Waals surface area contributed by atoms with Crippen LogP contribution in [0.5, 0.6) is 11.6 Å². The van der Waals surface area contributed by atoms with Gasteiger partial charge in [-0.1, -0.05) is 18.9 Å². The summed E-state index contributed by atoms with van der Waals surface area (Å²) in [5.74, 6) is 1.02. The van der Waals surface area contributed by atoms with E-state index in [4.69, 9.17) is 23.5 Å². The van der Waals surface area contributed by atoms with Crippen molar-refractivity contribution in [2.75, 3.05) is 33.4 Å². The largest absolute Gasteiger partial charge is 0.491 e. The highest BCUT2D eigenvalue weighted by molar-refractivity contribution is 5.88. The highest BCUT2D eigenvalue weighted by atomic mass is 16.6. The highest BCUT2D eigenvalue weighted by Crippen LogP contribution is 2.41. The molecule has 35 heavy (non-hydrogen) atoms. The third-order valence-electron chi connectivity index (χ3n) is 6.83. The number of ether oxygens (including phenoxy) is 4. The maximum absolute atomic E-state index is 12.5. The highest BCUT2D eigenvalue weighted by Gasteiger charge is 2.43. The average molecular weight is 489 g/mol. The van der Waals surface area contributed by atoms with Crippen molar-refractivity contribution in [3.8, 4) is 11.6 Å². The first-order valence-corrected chi connectivity index (χ1v) is 12.4. The van der Waals surface area contributed by atoms with Gasteiger partial charge >= 0.3 is 12.1 Å². The van der Waals surface area contributed by atoms with Crippen molar-refractivity contribution >= 4 is 23.0 Å². The van der Waals surface area contributed by atoms with Gasteiger partial charge in [-0.3, -0.25) is 4.79 Å². The van der Waals surface area contributed by atoms with Crippen molar-refractivity contribution in [3.05, 3.63) is 18.2 Å². The second-order valence-corrected chi connectivity index (χ2v) is 10.6. The van der Waals surface area contributed by atoms with Gasteiger partial charge in [0.05, 0.1) is 13.7 Å². The molecule has 1 saturated carbocycles. The van der Waals surface area contributed by atoms with Crippen molar-refractivity contribution in [2.24, 2.45) is 11.3 Å². The fraction of sp³-hybridized carbons (Fsp3) is 0.654. The number of amides is 1. The Morgan fingerprint density at radius 3 is 2.51 bits per heavy atom. The van der Waals surface area contributed by atoms with Gasteiger partial charge in [0, 0.05) is 13.1 Å². The van der Waals surface area contributed by atoms with Crippen LogP contribution in [0.4, 0.5) is 4.79 Å². The number of carbonyl (C=O) groups excluding carboxylic acids is 2. The second-order valence-electron chi connectivity index (χ2n) is 10.6. The summed E-state index contributed by atoms with van der Waals surface area (Å²) < 4.78 is 28.2. The molecular weight excluding hydrogens is 452 g/mol. The number of benzene rings is 1. The molecule has 1 aliphatic carbocycles. The number of likely N-dealkylation sites (tertiary alicyclic amines) is 1. The average Bonchev–Trinajstić information content (AvgIpc) is 3.48. The molecule has 9 heteroatoms. The maximum Gasteiger partial charge on any atom is 0.410 e. The van der Waals surface area contributed by atoms with Crippen LogP contribution in [-0.2, 0) is 14.3 Å². The Kier molecular flexibility index (Phi) is 7.42. The minimum absolute atomic E-state index is 0.221. The summed E-state index contributed by atoms with van der Waals surface area (Å²) >= 11 is 0. The lowest BCUT2D eigenvalue weighted by Gasteiger charge is -2.33. The number of hydrogen-bond donors (Lipinski definition) is 0. The summed E-state index contributed by atoms with van der Waals surface area (Å²) in [6.45, 7) is 7.58. The quantitative estimate of drug-likeness (QED) is 0.504. The van der Waals surface area contributed by atoms with Crippen LogP contribution < -0.4 is 9.47 Å². The number of fused-ring (bicyclic) bond motifs is 1. The number of aromatic nitrogens is 1. The molecule has 1 aromatic heterocycles. The van der Waals surface area contributed by atoms with Gasteiger partial charge < -0.3 is 28.4 Å². The number of esters is 1. The Labute approximate surface area is 206 Å². The van der Waals surface area contributed by atoms with Crippen molar-refractivity contribution in [1.29, 1.82) is 0 Å². The second kappa shape index (κ2) is 10.3. The Morgan fingerprint density at radius 1 is 1.14 bits per heavy atom. The Hall–Kier alpha value is -2.97. The van der Waals surface area contributed by atoms with Gasteiger partial charge in [0.25, 0.3) is 5.88 Å². The Balaban J connectivity index is 1.37. The number of methoxy groups -OCH3 is 1. The maximum atomic E-state index is 12.5. The molecule has 2 aliphatic rings. The normalized spacial score (nSPS) is 18.5. The van der Waals surface area contributed by atoms with Gasteiger partial charge in [0.2, 0.25) is 0 Å². The fourth-order valence-electron chi connectivity index (χ4n) is 4.85. The van der Waals surface area contributed by atoms with E-state index in [0.29, 0.717) is 42.3 Å². The van der Waals surface area contributed by atoms with Gasteiger partial charge in [0.1, 0.15) is 28.8 Å². The van der Waals surface area contributed by atoms with E-state index in [9.17, 15) is 9.59 Å². The molecule has 0 spiro atoms. The van der Waals surface area contributed by atoms with Crippen LogP contribution in [0.2, 0.25) is 0 Å². The SMILES string of the molecule is COC(=O)C1(COc2cccc3onc(OCC4CCN(C(=O)OC(C)(C)C)CC4)c23)CCCC1. The van der Waals surface area contributed by atoms with Gasteiger partial charge in [-0.05, 0) is 69.7 Å². The molecule has 0 radical (unpaired) electrons. The van der Waals surface area contributed by atoms with E-state index in [-0.39, 0.29) is 24.6 Å². The summed E-state index contributed by atoms with van der Waals surface area (Å²) in [5, 5.41) is 4.78. The molecule has 1 aliphatic heterocycles. The van der Waals surface area contributed by atoms with Crippen LogP contribution in [0.15, 0.2) is 22.7 Å². The van der Waals surface area contributed by atoms with Crippen LogP contribution in [-0.4, -0.2) is 61.1 Å². The first kappa shape index (κ1) is 25.1. The van der Waals surface area contributed by atoms with Gasteiger partial charge in [0.15, 0.2) is 5.58 Å². The zero-order valence-electron chi connectivity index (χ0n) is 21.1. The van der Waals surface area contributed by atoms with E-state index in [1.165, 1.54) is 7.11 Å². The predicted octanol–water partition coefficient (Wildman–Crippen LogP) is 4.97. The van der Waals surface area contributed by atoms with E-state index in [1.807, 2.05) is 39.0 Å². The van der Waals surface area contributed by atoms with E-state index in [1.54, 1.807) is 4.90 Å². The molecule has 1 amide bonds. The lowest BCUT2D eigenvalue weighted by molar-refractivity contribution is -0.154. The number of rotatable bonds is 7. The van der Waals surface area contributed by atoms with E-state index >= 15 is 0 Å². The third kappa shape index (κ3) is 5.82. The molecule has 2 aromatic rings. The lowest BCUT2D eigenvalue weighted by Crippen LogP contribution is -2.42. The molecule has 0 atom stereocenters. The third-order valence-corrected chi connectivity index (χ3v) is 6.83. The standard InChI is InChI=1S/C26H36N2O7/c1-25(2,3)34-24(30)28-14-10-18(11-15-28)16-32-22-21-19(8-7-9-20(21)35-27-22)33-17-26(23(29)31-4)12-5-6-13-26/h7-9,18H,5-6,10-17H2,1-4H3. The fourth-order valence-corrected chi connectivity index (χ4v) is 4.85. The van der Waals surface area contributed by atoms with E-state index in [2.05, 4.69) is 5.16 Å². The molecule has 2 heterocycles. The van der Waals surface area contributed by atoms with Crippen molar-refractivity contribution in [1.82, 2.24) is 10.1 Å². The number of piperidine rings is 1. The van der Waals surface area contributed by atoms with Crippen LogP contribution in [0.3, 0.4) is 0 Å². The van der Waals surface area contributed by atoms with Gasteiger partial charge in [-0.15, -0.1) is 0 Å². The molecule has 0 N–H and O–H groups in total. The first-order chi connectivity index (χ1) is 16.7. The number of hydrogen-bond acceptors (Lipinski definition) is 8. The zero-order chi connectivity index (χ0) is 25.1. The molecule has 2 fully saturated rings. The minimum atomic E-state index is -0.614. The Bertz CT molecular complexity index is 1030. The van der Waals surface area contributed by atoms with Crippen molar-refractivity contribution in [2.45, 2.75) is 64.9 Å². The summed E-state index contributed by atoms with van der Waals surface area (Å²) in [4.78, 5) is 26.5. The number of carbonyl (C=O) groups is 2. The summed E-state index contributed by atoms with van der Waals surface area (Å²) in [6.07, 6.45) is 4.84. The topological polar surface area (TPSA) is 100 Å². The monoisotopic (exact) mass is 488 g/mol. The lowest BCUT2D eigenvalue weighted by atomic mass is 9.87. The molecule has 0 unspecified atom stereocenters. The van der Waals surface area contributed by atoms with Crippen molar-refractivity contribution < 1.29 is 33.1 Å².